The van der Waals surface area contributed by atoms with Gasteiger partial charge in [0, 0.05) is 30.6 Å². The average molecular weight is 412 g/mol. The topological polar surface area (TPSA) is 62.3 Å². The van der Waals surface area contributed by atoms with Gasteiger partial charge in [-0.15, -0.1) is 11.3 Å². The van der Waals surface area contributed by atoms with E-state index in [1.54, 1.807) is 11.3 Å². The van der Waals surface area contributed by atoms with Crippen LogP contribution in [0.4, 0.5) is 0 Å². The van der Waals surface area contributed by atoms with Crippen molar-refractivity contribution in [2.45, 2.75) is 71.5 Å². The van der Waals surface area contributed by atoms with Gasteiger partial charge in [-0.3, -0.25) is 9.59 Å². The van der Waals surface area contributed by atoms with Crippen molar-refractivity contribution in [1.82, 2.24) is 15.2 Å². The van der Waals surface area contributed by atoms with E-state index in [-0.39, 0.29) is 11.8 Å². The van der Waals surface area contributed by atoms with Gasteiger partial charge in [-0.25, -0.2) is 4.98 Å². The molecule has 1 N–H and O–H groups in total. The van der Waals surface area contributed by atoms with E-state index in [1.807, 2.05) is 36.1 Å². The largest absolute Gasteiger partial charge is 0.349 e. The summed E-state index contributed by atoms with van der Waals surface area (Å²) in [7, 11) is 0. The first kappa shape index (κ1) is 20.1. The number of benzene rings is 1. The number of nitrogens with zero attached hydrogens (tertiary/aromatic N) is 2. The molecule has 2 fully saturated rings. The molecule has 29 heavy (non-hydrogen) atoms. The standard InChI is InChI=1S/C23H29N3O2S/c1-14(2)12-20-24-15(3)21(29-20)23(28)26(19-10-11-19)13-16-4-6-17(7-5-16)22(27)25-18-8-9-18/h4-7,14,18-19H,8-13H2,1-3H3,(H,25,27). The van der Waals surface area contributed by atoms with Crippen LogP contribution in [0.1, 0.15) is 75.8 Å². The van der Waals surface area contributed by atoms with Gasteiger partial charge < -0.3 is 10.2 Å². The molecule has 2 saturated carbocycles. The van der Waals surface area contributed by atoms with Crippen LogP contribution in [0.2, 0.25) is 0 Å². The summed E-state index contributed by atoms with van der Waals surface area (Å²) in [5, 5.41) is 4.06. The lowest BCUT2D eigenvalue weighted by Crippen LogP contribution is -2.32. The summed E-state index contributed by atoms with van der Waals surface area (Å²) in [6, 6.07) is 8.33. The molecule has 0 saturated heterocycles. The monoisotopic (exact) mass is 411 g/mol. The Labute approximate surface area is 176 Å². The van der Waals surface area contributed by atoms with Crippen molar-refractivity contribution in [2.24, 2.45) is 5.92 Å². The van der Waals surface area contributed by atoms with E-state index in [9.17, 15) is 9.59 Å². The molecule has 2 aromatic rings. The third-order valence-corrected chi connectivity index (χ3v) is 6.52. The van der Waals surface area contributed by atoms with Gasteiger partial charge in [-0.2, -0.15) is 0 Å². The van der Waals surface area contributed by atoms with E-state index in [0.717, 1.165) is 53.2 Å². The molecular formula is C23H29N3O2S. The first-order valence-electron chi connectivity index (χ1n) is 10.6. The number of nitrogens with one attached hydrogen (secondary N) is 1. The maximum absolute atomic E-state index is 13.3. The van der Waals surface area contributed by atoms with Crippen LogP contribution in [0.25, 0.3) is 0 Å². The van der Waals surface area contributed by atoms with Crippen LogP contribution in [0.5, 0.6) is 0 Å². The summed E-state index contributed by atoms with van der Waals surface area (Å²) < 4.78 is 0. The lowest BCUT2D eigenvalue weighted by atomic mass is 10.1. The smallest absolute Gasteiger partial charge is 0.266 e. The van der Waals surface area contributed by atoms with Crippen LogP contribution in [-0.4, -0.2) is 33.8 Å². The Morgan fingerprint density at radius 3 is 2.45 bits per heavy atom. The maximum Gasteiger partial charge on any atom is 0.266 e. The highest BCUT2D eigenvalue weighted by Crippen LogP contribution is 2.32. The van der Waals surface area contributed by atoms with Crippen molar-refractivity contribution in [2.75, 3.05) is 0 Å². The van der Waals surface area contributed by atoms with Gasteiger partial charge in [0.05, 0.1) is 10.7 Å². The molecule has 2 aliphatic rings. The molecule has 0 unspecified atom stereocenters. The van der Waals surface area contributed by atoms with Crippen LogP contribution in [0, 0.1) is 12.8 Å². The van der Waals surface area contributed by atoms with Crippen LogP contribution < -0.4 is 5.32 Å². The quantitative estimate of drug-likeness (QED) is 0.703. The van der Waals surface area contributed by atoms with Gasteiger partial charge in [0.2, 0.25) is 0 Å². The number of aromatic nitrogens is 1. The SMILES string of the molecule is Cc1nc(CC(C)C)sc1C(=O)N(Cc1ccc(C(=O)NC2CC2)cc1)C1CC1. The van der Waals surface area contributed by atoms with Gasteiger partial charge in [-0.1, -0.05) is 26.0 Å². The normalized spacial score (nSPS) is 16.1. The number of thiazole rings is 1. The molecule has 1 aromatic carbocycles. The van der Waals surface area contributed by atoms with Crippen molar-refractivity contribution in [3.05, 3.63) is 51.0 Å². The summed E-state index contributed by atoms with van der Waals surface area (Å²) in [4.78, 5) is 32.8. The molecule has 0 radical (unpaired) electrons. The Morgan fingerprint density at radius 1 is 1.17 bits per heavy atom. The second-order valence-electron chi connectivity index (χ2n) is 8.73. The third-order valence-electron chi connectivity index (χ3n) is 5.35. The Morgan fingerprint density at radius 2 is 1.86 bits per heavy atom. The lowest BCUT2D eigenvalue weighted by molar-refractivity contribution is 0.0733. The Bertz CT molecular complexity index is 895. The van der Waals surface area contributed by atoms with Crippen molar-refractivity contribution in [1.29, 1.82) is 0 Å². The molecule has 4 rings (SSSR count). The van der Waals surface area contributed by atoms with E-state index in [2.05, 4.69) is 24.1 Å². The van der Waals surface area contributed by atoms with E-state index in [1.165, 1.54) is 0 Å². The van der Waals surface area contributed by atoms with Crippen LogP contribution in [0.15, 0.2) is 24.3 Å². The molecule has 2 amide bonds. The van der Waals surface area contributed by atoms with Crippen LogP contribution in [0.3, 0.4) is 0 Å². The number of carbonyl (C=O) groups is 2. The second-order valence-corrected chi connectivity index (χ2v) is 9.81. The molecular weight excluding hydrogens is 382 g/mol. The Balaban J connectivity index is 1.46. The first-order valence-corrected chi connectivity index (χ1v) is 11.4. The number of hydrogen-bond donors (Lipinski definition) is 1. The number of aryl methyl sites for hydroxylation is 1. The zero-order chi connectivity index (χ0) is 20.5. The molecule has 6 heteroatoms. The second kappa shape index (κ2) is 8.27. The van der Waals surface area contributed by atoms with Gasteiger partial charge in [-0.05, 0) is 56.2 Å². The van der Waals surface area contributed by atoms with Crippen LogP contribution >= 0.6 is 11.3 Å². The van der Waals surface area contributed by atoms with Gasteiger partial charge >= 0.3 is 0 Å². The van der Waals surface area contributed by atoms with E-state index in [0.29, 0.717) is 30.1 Å². The Kier molecular flexibility index (Phi) is 5.72. The average Bonchev–Trinajstić information content (AvgIpc) is 3.59. The fourth-order valence-electron chi connectivity index (χ4n) is 3.43. The van der Waals surface area contributed by atoms with E-state index in [4.69, 9.17) is 0 Å². The molecule has 0 bridgehead atoms. The molecule has 154 valence electrons. The maximum atomic E-state index is 13.3. The fourth-order valence-corrected chi connectivity index (χ4v) is 4.66. The number of amides is 2. The lowest BCUT2D eigenvalue weighted by Gasteiger charge is -2.22. The predicted molar refractivity (Wildman–Crippen MR) is 115 cm³/mol. The van der Waals surface area contributed by atoms with Crippen LogP contribution in [-0.2, 0) is 13.0 Å². The first-order chi connectivity index (χ1) is 13.9. The molecule has 1 aromatic heterocycles. The zero-order valence-electron chi connectivity index (χ0n) is 17.4. The molecule has 2 aliphatic carbocycles. The number of carbonyl (C=O) groups excluding carboxylic acids is 2. The van der Waals surface area contributed by atoms with Crippen molar-refractivity contribution >= 4 is 23.2 Å². The zero-order valence-corrected chi connectivity index (χ0v) is 18.2. The Hall–Kier alpha value is -2.21. The number of rotatable bonds is 8. The third kappa shape index (κ3) is 5.04. The van der Waals surface area contributed by atoms with Crippen molar-refractivity contribution in [3.8, 4) is 0 Å². The molecule has 5 nitrogen and oxygen atoms in total. The number of hydrogen-bond acceptors (Lipinski definition) is 4. The van der Waals surface area contributed by atoms with Gasteiger partial charge in [0.15, 0.2) is 0 Å². The summed E-state index contributed by atoms with van der Waals surface area (Å²) in [6.07, 6.45) is 5.19. The summed E-state index contributed by atoms with van der Waals surface area (Å²) >= 11 is 1.54. The molecule has 0 spiro atoms. The minimum Gasteiger partial charge on any atom is -0.349 e. The predicted octanol–water partition coefficient (Wildman–Crippen LogP) is 4.35. The highest BCUT2D eigenvalue weighted by atomic mass is 32.1. The highest BCUT2D eigenvalue weighted by Gasteiger charge is 2.34. The fraction of sp³-hybridized carbons (Fsp3) is 0.522. The minimum atomic E-state index is -0.00728. The van der Waals surface area contributed by atoms with Gasteiger partial charge in [0.25, 0.3) is 11.8 Å². The molecule has 0 aliphatic heterocycles. The molecule has 1 heterocycles. The van der Waals surface area contributed by atoms with Crippen molar-refractivity contribution in [3.63, 3.8) is 0 Å². The molecule has 0 atom stereocenters. The highest BCUT2D eigenvalue weighted by molar-refractivity contribution is 7.13. The van der Waals surface area contributed by atoms with E-state index >= 15 is 0 Å². The summed E-state index contributed by atoms with van der Waals surface area (Å²) in [5.74, 6) is 0.610. The van der Waals surface area contributed by atoms with E-state index < -0.39 is 0 Å². The van der Waals surface area contributed by atoms with Gasteiger partial charge in [0.1, 0.15) is 4.88 Å². The summed E-state index contributed by atoms with van der Waals surface area (Å²) in [5.41, 5.74) is 2.58. The van der Waals surface area contributed by atoms with Crippen molar-refractivity contribution < 1.29 is 9.59 Å². The minimum absolute atomic E-state index is 0.00728. The summed E-state index contributed by atoms with van der Waals surface area (Å²) in [6.45, 7) is 6.85.